The minimum atomic E-state index is -0.166. The molecule has 0 heterocycles. The predicted octanol–water partition coefficient (Wildman–Crippen LogP) is 4.88. The van der Waals surface area contributed by atoms with Crippen LogP contribution in [0.25, 0.3) is 10.8 Å². The molecule has 3 aromatic rings. The molecule has 5 heteroatoms. The van der Waals surface area contributed by atoms with Gasteiger partial charge < -0.3 is 14.8 Å². The van der Waals surface area contributed by atoms with E-state index in [0.717, 1.165) is 20.9 Å². The summed E-state index contributed by atoms with van der Waals surface area (Å²) in [5.74, 6) is 0.513. The van der Waals surface area contributed by atoms with Crippen LogP contribution in [0.15, 0.2) is 65.1 Å². The third kappa shape index (κ3) is 4.18. The second-order valence-electron chi connectivity index (χ2n) is 5.47. The molecule has 0 aliphatic rings. The van der Waals surface area contributed by atoms with Gasteiger partial charge >= 0.3 is 0 Å². The molecule has 0 aliphatic carbocycles. The zero-order chi connectivity index (χ0) is 17.6. The number of halogens is 1. The molecule has 3 rings (SSSR count). The van der Waals surface area contributed by atoms with Crippen LogP contribution in [0.1, 0.15) is 10.4 Å². The zero-order valence-corrected chi connectivity index (χ0v) is 15.4. The summed E-state index contributed by atoms with van der Waals surface area (Å²) in [4.78, 5) is 12.6. The summed E-state index contributed by atoms with van der Waals surface area (Å²) in [6.45, 7) is 0.965. The number of ether oxygens (including phenoxy) is 2. The van der Waals surface area contributed by atoms with Gasteiger partial charge in [-0.3, -0.25) is 4.79 Å². The lowest BCUT2D eigenvalue weighted by Gasteiger charge is -2.11. The molecule has 1 N–H and O–H groups in total. The van der Waals surface area contributed by atoms with E-state index in [0.29, 0.717) is 24.5 Å². The summed E-state index contributed by atoms with van der Waals surface area (Å²) < 4.78 is 11.3. The molecule has 128 valence electrons. The largest absolute Gasteiger partial charge is 0.490 e. The van der Waals surface area contributed by atoms with Gasteiger partial charge in [0.2, 0.25) is 0 Å². The van der Waals surface area contributed by atoms with Crippen molar-refractivity contribution >= 4 is 38.3 Å². The summed E-state index contributed by atoms with van der Waals surface area (Å²) in [6.07, 6.45) is 0. The van der Waals surface area contributed by atoms with Gasteiger partial charge in [-0.25, -0.2) is 0 Å². The SMILES string of the molecule is COCCOc1ccc(C(=O)Nc2cccc3ccccc23)cc1Br. The maximum absolute atomic E-state index is 12.6. The van der Waals surface area contributed by atoms with Crippen LogP contribution in [0.2, 0.25) is 0 Å². The van der Waals surface area contributed by atoms with Crippen LogP contribution in [0.3, 0.4) is 0 Å². The number of anilines is 1. The van der Waals surface area contributed by atoms with Crippen molar-refractivity contribution in [2.45, 2.75) is 0 Å². The average Bonchev–Trinajstić information content (AvgIpc) is 2.63. The lowest BCUT2D eigenvalue weighted by Crippen LogP contribution is -2.12. The molecule has 0 saturated heterocycles. The molecule has 0 saturated carbocycles. The summed E-state index contributed by atoms with van der Waals surface area (Å²) in [5, 5.41) is 5.08. The van der Waals surface area contributed by atoms with Crippen molar-refractivity contribution in [2.24, 2.45) is 0 Å². The molecule has 0 aliphatic heterocycles. The number of fused-ring (bicyclic) bond motifs is 1. The highest BCUT2D eigenvalue weighted by atomic mass is 79.9. The molecule has 0 fully saturated rings. The number of carbonyl (C=O) groups is 1. The third-order valence-corrected chi connectivity index (χ3v) is 4.40. The van der Waals surface area contributed by atoms with E-state index in [1.165, 1.54) is 0 Å². The molecule has 4 nitrogen and oxygen atoms in total. The molecule has 0 bridgehead atoms. The van der Waals surface area contributed by atoms with E-state index < -0.39 is 0 Å². The van der Waals surface area contributed by atoms with Crippen LogP contribution in [0, 0.1) is 0 Å². The summed E-state index contributed by atoms with van der Waals surface area (Å²) in [6, 6.07) is 19.1. The standard InChI is InChI=1S/C20H18BrNO3/c1-24-11-12-25-19-10-9-15(13-17(19)21)20(23)22-18-8-4-6-14-5-2-3-7-16(14)18/h2-10,13H,11-12H2,1H3,(H,22,23). The molecule has 25 heavy (non-hydrogen) atoms. The van der Waals surface area contributed by atoms with Gasteiger partial charge in [-0.05, 0) is 45.6 Å². The van der Waals surface area contributed by atoms with Crippen LogP contribution < -0.4 is 10.1 Å². The van der Waals surface area contributed by atoms with Gasteiger partial charge in [0, 0.05) is 23.7 Å². The lowest BCUT2D eigenvalue weighted by molar-refractivity contribution is 0.102. The highest BCUT2D eigenvalue weighted by Gasteiger charge is 2.11. The fourth-order valence-corrected chi connectivity index (χ4v) is 3.02. The Morgan fingerprint density at radius 1 is 1.04 bits per heavy atom. The fourth-order valence-electron chi connectivity index (χ4n) is 2.52. The van der Waals surface area contributed by atoms with Crippen molar-refractivity contribution in [1.82, 2.24) is 0 Å². The van der Waals surface area contributed by atoms with Crippen LogP contribution >= 0.6 is 15.9 Å². The van der Waals surface area contributed by atoms with Gasteiger partial charge in [0.05, 0.1) is 11.1 Å². The highest BCUT2D eigenvalue weighted by molar-refractivity contribution is 9.10. The maximum Gasteiger partial charge on any atom is 0.255 e. The summed E-state index contributed by atoms with van der Waals surface area (Å²) >= 11 is 3.45. The third-order valence-electron chi connectivity index (χ3n) is 3.78. The number of rotatable bonds is 6. The number of carbonyl (C=O) groups excluding carboxylic acids is 1. The highest BCUT2D eigenvalue weighted by Crippen LogP contribution is 2.27. The normalized spacial score (nSPS) is 10.6. The van der Waals surface area contributed by atoms with E-state index in [1.54, 1.807) is 25.3 Å². The molecule has 3 aromatic carbocycles. The van der Waals surface area contributed by atoms with E-state index in [1.807, 2.05) is 42.5 Å². The lowest BCUT2D eigenvalue weighted by atomic mass is 10.1. The maximum atomic E-state index is 12.6. The van der Waals surface area contributed by atoms with Crippen molar-refractivity contribution < 1.29 is 14.3 Å². The smallest absolute Gasteiger partial charge is 0.255 e. The number of nitrogens with one attached hydrogen (secondary N) is 1. The van der Waals surface area contributed by atoms with E-state index >= 15 is 0 Å². The first-order chi connectivity index (χ1) is 12.2. The van der Waals surface area contributed by atoms with E-state index in [-0.39, 0.29) is 5.91 Å². The average molecular weight is 400 g/mol. The Bertz CT molecular complexity index is 890. The van der Waals surface area contributed by atoms with Crippen molar-refractivity contribution in [2.75, 3.05) is 25.6 Å². The number of methoxy groups -OCH3 is 1. The summed E-state index contributed by atoms with van der Waals surface area (Å²) in [7, 11) is 1.62. The Labute approximate surface area is 154 Å². The first-order valence-electron chi connectivity index (χ1n) is 7.89. The molecule has 0 unspecified atom stereocenters. The van der Waals surface area contributed by atoms with E-state index in [2.05, 4.69) is 21.2 Å². The monoisotopic (exact) mass is 399 g/mol. The van der Waals surface area contributed by atoms with Crippen molar-refractivity contribution in [1.29, 1.82) is 0 Å². The second-order valence-corrected chi connectivity index (χ2v) is 6.32. The minimum Gasteiger partial charge on any atom is -0.490 e. The van der Waals surface area contributed by atoms with Gasteiger partial charge in [-0.2, -0.15) is 0 Å². The summed E-state index contributed by atoms with van der Waals surface area (Å²) in [5.41, 5.74) is 1.35. The molecule has 0 aromatic heterocycles. The Morgan fingerprint density at radius 3 is 2.64 bits per heavy atom. The molecule has 0 spiro atoms. The molecular weight excluding hydrogens is 382 g/mol. The second kappa shape index (κ2) is 8.14. The minimum absolute atomic E-state index is 0.166. The van der Waals surface area contributed by atoms with Gasteiger partial charge in [0.25, 0.3) is 5.91 Å². The van der Waals surface area contributed by atoms with Crippen molar-refractivity contribution in [3.8, 4) is 5.75 Å². The Hall–Kier alpha value is -2.37. The van der Waals surface area contributed by atoms with Crippen molar-refractivity contribution in [3.63, 3.8) is 0 Å². The van der Waals surface area contributed by atoms with Crippen LogP contribution in [0.5, 0.6) is 5.75 Å². The fraction of sp³-hybridized carbons (Fsp3) is 0.150. The zero-order valence-electron chi connectivity index (χ0n) is 13.8. The van der Waals surface area contributed by atoms with Crippen LogP contribution in [-0.4, -0.2) is 26.2 Å². The quantitative estimate of drug-likeness (QED) is 0.600. The van der Waals surface area contributed by atoms with Crippen LogP contribution in [-0.2, 0) is 4.74 Å². The molecule has 0 atom stereocenters. The van der Waals surface area contributed by atoms with Gasteiger partial charge in [0.1, 0.15) is 12.4 Å². The van der Waals surface area contributed by atoms with Gasteiger partial charge in [0.15, 0.2) is 0 Å². The van der Waals surface area contributed by atoms with E-state index in [9.17, 15) is 4.79 Å². The Morgan fingerprint density at radius 2 is 1.84 bits per heavy atom. The number of hydrogen-bond donors (Lipinski definition) is 1. The molecular formula is C20H18BrNO3. The van der Waals surface area contributed by atoms with Crippen molar-refractivity contribution in [3.05, 3.63) is 70.7 Å². The Balaban J connectivity index is 1.78. The Kier molecular flexibility index (Phi) is 5.68. The van der Waals surface area contributed by atoms with Gasteiger partial charge in [-0.1, -0.05) is 36.4 Å². The van der Waals surface area contributed by atoms with Crippen LogP contribution in [0.4, 0.5) is 5.69 Å². The molecule has 0 radical (unpaired) electrons. The topological polar surface area (TPSA) is 47.6 Å². The van der Waals surface area contributed by atoms with E-state index in [4.69, 9.17) is 9.47 Å². The number of amides is 1. The number of hydrogen-bond acceptors (Lipinski definition) is 3. The molecule has 1 amide bonds. The predicted molar refractivity (Wildman–Crippen MR) is 103 cm³/mol. The first kappa shape index (κ1) is 17.5. The first-order valence-corrected chi connectivity index (χ1v) is 8.69. The van der Waals surface area contributed by atoms with Gasteiger partial charge in [-0.15, -0.1) is 0 Å². The number of benzene rings is 3.